The van der Waals surface area contributed by atoms with E-state index in [4.69, 9.17) is 0 Å². The second-order valence-electron chi connectivity index (χ2n) is 4.16. The monoisotopic (exact) mass is 226 g/mol. The van der Waals surface area contributed by atoms with Crippen molar-refractivity contribution in [1.29, 1.82) is 0 Å². The molecule has 2 aliphatic rings. The number of nitrogens with zero attached hydrogens (tertiary/aromatic N) is 1. The molecule has 2 heterocycles. The lowest BCUT2D eigenvalue weighted by molar-refractivity contribution is -0.130. The number of thioether (sulfide) groups is 1. The van der Waals surface area contributed by atoms with E-state index in [1.807, 2.05) is 6.92 Å². The van der Waals surface area contributed by atoms with Crippen LogP contribution in [-0.4, -0.2) is 40.4 Å². The second-order valence-corrected chi connectivity index (χ2v) is 5.27. The lowest BCUT2D eigenvalue weighted by Crippen LogP contribution is -2.47. The Hall–Kier alpha value is -0.970. The van der Waals surface area contributed by atoms with Gasteiger partial charge in [-0.05, 0) is 19.1 Å². The molecule has 5 heteroatoms. The highest BCUT2D eigenvalue weighted by atomic mass is 32.2. The normalized spacial score (nSPS) is 30.1. The van der Waals surface area contributed by atoms with Gasteiger partial charge < -0.3 is 5.32 Å². The lowest BCUT2D eigenvalue weighted by atomic mass is 9.99. The summed E-state index contributed by atoms with van der Waals surface area (Å²) in [5.74, 6) is 1.55. The number of amides is 3. The maximum Gasteiger partial charge on any atom is 0.325 e. The first-order valence-corrected chi connectivity index (χ1v) is 6.07. The first-order valence-electron chi connectivity index (χ1n) is 4.91. The molecule has 1 N–H and O–H groups in total. The fourth-order valence-corrected chi connectivity index (χ4v) is 3.25. The zero-order valence-corrected chi connectivity index (χ0v) is 9.52. The molecular formula is C10H14N2O2S. The topological polar surface area (TPSA) is 49.4 Å². The molecule has 2 rings (SSSR count). The summed E-state index contributed by atoms with van der Waals surface area (Å²) in [6.07, 6.45) is 0.745. The fourth-order valence-electron chi connectivity index (χ4n) is 1.92. The summed E-state index contributed by atoms with van der Waals surface area (Å²) in [6, 6.07) is -0.273. The number of hydrogen-bond donors (Lipinski definition) is 1. The van der Waals surface area contributed by atoms with Crippen LogP contribution in [0.1, 0.15) is 13.3 Å². The van der Waals surface area contributed by atoms with Gasteiger partial charge in [0.15, 0.2) is 0 Å². The van der Waals surface area contributed by atoms with Crippen molar-refractivity contribution in [2.75, 3.05) is 18.1 Å². The van der Waals surface area contributed by atoms with E-state index in [0.29, 0.717) is 12.3 Å². The van der Waals surface area contributed by atoms with Crippen LogP contribution < -0.4 is 5.32 Å². The summed E-state index contributed by atoms with van der Waals surface area (Å²) in [7, 11) is 0. The molecular weight excluding hydrogens is 212 g/mol. The van der Waals surface area contributed by atoms with E-state index in [1.165, 1.54) is 4.90 Å². The van der Waals surface area contributed by atoms with E-state index in [2.05, 4.69) is 11.9 Å². The minimum atomic E-state index is -0.614. The van der Waals surface area contributed by atoms with Crippen LogP contribution in [0, 0.1) is 0 Å². The van der Waals surface area contributed by atoms with E-state index in [-0.39, 0.29) is 11.9 Å². The van der Waals surface area contributed by atoms with Gasteiger partial charge in [-0.1, -0.05) is 12.2 Å². The van der Waals surface area contributed by atoms with Crippen molar-refractivity contribution in [2.24, 2.45) is 0 Å². The van der Waals surface area contributed by atoms with Crippen LogP contribution in [0.15, 0.2) is 12.2 Å². The maximum absolute atomic E-state index is 12.1. The minimum Gasteiger partial charge on any atom is -0.322 e. The van der Waals surface area contributed by atoms with Crippen LogP contribution in [0.25, 0.3) is 0 Å². The van der Waals surface area contributed by atoms with Gasteiger partial charge in [0.1, 0.15) is 5.54 Å². The van der Waals surface area contributed by atoms with Crippen LogP contribution in [0.5, 0.6) is 0 Å². The summed E-state index contributed by atoms with van der Waals surface area (Å²) in [5.41, 5.74) is 0.207. The van der Waals surface area contributed by atoms with Gasteiger partial charge in [-0.3, -0.25) is 9.69 Å². The largest absolute Gasteiger partial charge is 0.325 e. The molecule has 2 saturated heterocycles. The number of imide groups is 1. The zero-order valence-electron chi connectivity index (χ0n) is 8.71. The van der Waals surface area contributed by atoms with Crippen LogP contribution in [0.4, 0.5) is 4.79 Å². The van der Waals surface area contributed by atoms with Gasteiger partial charge in [-0.15, -0.1) is 0 Å². The molecule has 0 saturated carbocycles. The van der Waals surface area contributed by atoms with E-state index in [0.717, 1.165) is 17.7 Å². The summed E-state index contributed by atoms with van der Waals surface area (Å²) >= 11 is 1.71. The zero-order chi connectivity index (χ0) is 11.1. The molecule has 0 aromatic carbocycles. The molecule has 4 nitrogen and oxygen atoms in total. The molecule has 15 heavy (non-hydrogen) atoms. The van der Waals surface area contributed by atoms with Gasteiger partial charge in [-0.25, -0.2) is 4.79 Å². The van der Waals surface area contributed by atoms with E-state index < -0.39 is 5.54 Å². The highest BCUT2D eigenvalue weighted by Crippen LogP contribution is 2.33. The molecule has 1 unspecified atom stereocenters. The molecule has 0 aromatic heterocycles. The first-order chi connectivity index (χ1) is 7.05. The molecule has 0 bridgehead atoms. The molecule has 3 amide bonds. The maximum atomic E-state index is 12.1. The number of hydrogen-bond acceptors (Lipinski definition) is 3. The number of rotatable bonds is 2. The SMILES string of the molecule is C=C(C)CN1C(=O)NC2(CCSC2)C1=O. The van der Waals surface area contributed by atoms with E-state index >= 15 is 0 Å². The second kappa shape index (κ2) is 3.56. The van der Waals surface area contributed by atoms with Crippen LogP contribution >= 0.6 is 11.8 Å². The van der Waals surface area contributed by atoms with Crippen molar-refractivity contribution in [3.63, 3.8) is 0 Å². The summed E-state index contributed by atoms with van der Waals surface area (Å²) in [4.78, 5) is 25.0. The molecule has 0 aliphatic carbocycles. The van der Waals surface area contributed by atoms with Crippen LogP contribution in [-0.2, 0) is 4.79 Å². The number of carbonyl (C=O) groups is 2. The van der Waals surface area contributed by atoms with Gasteiger partial charge in [0.05, 0.1) is 6.54 Å². The van der Waals surface area contributed by atoms with Gasteiger partial charge in [-0.2, -0.15) is 11.8 Å². The Morgan fingerprint density at radius 2 is 2.40 bits per heavy atom. The third kappa shape index (κ3) is 1.65. The van der Waals surface area contributed by atoms with Gasteiger partial charge in [0, 0.05) is 5.75 Å². The van der Waals surface area contributed by atoms with Crippen LogP contribution in [0.3, 0.4) is 0 Å². The first kappa shape index (κ1) is 10.5. The number of nitrogens with one attached hydrogen (secondary N) is 1. The van der Waals surface area contributed by atoms with Gasteiger partial charge >= 0.3 is 6.03 Å². The Kier molecular flexibility index (Phi) is 2.50. The Morgan fingerprint density at radius 3 is 2.93 bits per heavy atom. The van der Waals surface area contributed by atoms with Crippen LogP contribution in [0.2, 0.25) is 0 Å². The smallest absolute Gasteiger partial charge is 0.322 e. The Morgan fingerprint density at radius 1 is 1.67 bits per heavy atom. The van der Waals surface area contributed by atoms with Gasteiger partial charge in [0.25, 0.3) is 5.91 Å². The molecule has 2 aliphatic heterocycles. The Labute approximate surface area is 93.1 Å². The molecule has 0 aromatic rings. The van der Waals surface area contributed by atoms with Crippen molar-refractivity contribution >= 4 is 23.7 Å². The highest BCUT2D eigenvalue weighted by Gasteiger charge is 2.52. The average molecular weight is 226 g/mol. The summed E-state index contributed by atoms with van der Waals surface area (Å²) in [5, 5.41) is 2.81. The molecule has 2 fully saturated rings. The standard InChI is InChI=1S/C10H14N2O2S/c1-7(2)5-12-8(13)10(11-9(12)14)3-4-15-6-10/h1,3-6H2,2H3,(H,11,14). The van der Waals surface area contributed by atoms with Gasteiger partial charge in [0.2, 0.25) is 0 Å². The van der Waals surface area contributed by atoms with Crippen molar-refractivity contribution in [3.8, 4) is 0 Å². The third-order valence-electron chi connectivity index (χ3n) is 2.70. The summed E-state index contributed by atoms with van der Waals surface area (Å²) in [6.45, 7) is 5.87. The molecule has 1 spiro atoms. The Balaban J connectivity index is 2.19. The molecule has 82 valence electrons. The molecule has 1 atom stereocenters. The third-order valence-corrected chi connectivity index (χ3v) is 3.89. The van der Waals surface area contributed by atoms with Crippen molar-refractivity contribution in [1.82, 2.24) is 10.2 Å². The Bertz CT molecular complexity index is 334. The van der Waals surface area contributed by atoms with E-state index in [1.54, 1.807) is 11.8 Å². The van der Waals surface area contributed by atoms with Crippen molar-refractivity contribution in [3.05, 3.63) is 12.2 Å². The minimum absolute atomic E-state index is 0.0829. The average Bonchev–Trinajstić information content (AvgIpc) is 2.69. The quantitative estimate of drug-likeness (QED) is 0.564. The fraction of sp³-hybridized carbons (Fsp3) is 0.600. The highest BCUT2D eigenvalue weighted by molar-refractivity contribution is 7.99. The predicted molar refractivity (Wildman–Crippen MR) is 59.7 cm³/mol. The summed E-state index contributed by atoms with van der Waals surface area (Å²) < 4.78 is 0. The number of carbonyl (C=O) groups excluding carboxylic acids is 2. The lowest BCUT2D eigenvalue weighted by Gasteiger charge is -2.19. The molecule has 0 radical (unpaired) electrons. The van der Waals surface area contributed by atoms with Crippen molar-refractivity contribution in [2.45, 2.75) is 18.9 Å². The predicted octanol–water partition coefficient (Wildman–Crippen LogP) is 0.990. The van der Waals surface area contributed by atoms with E-state index in [9.17, 15) is 9.59 Å². The number of urea groups is 1. The van der Waals surface area contributed by atoms with Crippen molar-refractivity contribution < 1.29 is 9.59 Å².